The lowest BCUT2D eigenvalue weighted by molar-refractivity contribution is 0.0499. The highest BCUT2D eigenvalue weighted by atomic mass is 16.5. The van der Waals surface area contributed by atoms with E-state index < -0.39 is 0 Å². The number of anilines is 2. The fourth-order valence-electron chi connectivity index (χ4n) is 2.59. The fraction of sp³-hybridized carbons (Fsp3) is 0.174. The summed E-state index contributed by atoms with van der Waals surface area (Å²) in [5.74, 6) is -0.856. The van der Waals surface area contributed by atoms with Gasteiger partial charge in [-0.3, -0.25) is 9.59 Å². The third-order valence-corrected chi connectivity index (χ3v) is 4.26. The van der Waals surface area contributed by atoms with Crippen LogP contribution in [-0.4, -0.2) is 24.4 Å². The molecule has 0 bridgehead atoms. The standard InChI is InChI=1S/C23H22N2O5/c1-2-3-14-30-23(28)17-8-12-18(13-9-17)24-21(26)16-6-10-19(11-7-16)25-22(27)20-5-4-15-29-20/h4-13,15H,2-3,14H2,1H3,(H,24,26)(H,25,27). The predicted molar refractivity (Wildman–Crippen MR) is 113 cm³/mol. The Balaban J connectivity index is 1.55. The number of nitrogens with one attached hydrogen (secondary N) is 2. The van der Waals surface area contributed by atoms with Crippen LogP contribution < -0.4 is 10.6 Å². The molecule has 0 fully saturated rings. The Hall–Kier alpha value is -3.87. The largest absolute Gasteiger partial charge is 0.462 e. The molecule has 2 N–H and O–H groups in total. The van der Waals surface area contributed by atoms with E-state index in [0.29, 0.717) is 29.1 Å². The summed E-state index contributed by atoms with van der Waals surface area (Å²) in [7, 11) is 0. The molecule has 1 aromatic heterocycles. The van der Waals surface area contributed by atoms with E-state index in [9.17, 15) is 14.4 Å². The van der Waals surface area contributed by atoms with Gasteiger partial charge in [0.05, 0.1) is 18.4 Å². The first kappa shape index (κ1) is 20.9. The Kier molecular flexibility index (Phi) is 7.00. The monoisotopic (exact) mass is 406 g/mol. The SMILES string of the molecule is CCCCOC(=O)c1ccc(NC(=O)c2ccc(NC(=O)c3ccco3)cc2)cc1. The van der Waals surface area contributed by atoms with Gasteiger partial charge in [0.1, 0.15) is 0 Å². The van der Waals surface area contributed by atoms with Gasteiger partial charge in [0.2, 0.25) is 0 Å². The molecule has 7 heteroatoms. The number of amides is 2. The number of esters is 1. The molecule has 0 atom stereocenters. The molecule has 2 aromatic carbocycles. The van der Waals surface area contributed by atoms with Crippen LogP contribution in [0.15, 0.2) is 71.3 Å². The van der Waals surface area contributed by atoms with Gasteiger partial charge < -0.3 is 19.8 Å². The molecule has 0 aliphatic carbocycles. The van der Waals surface area contributed by atoms with Gasteiger partial charge in [-0.2, -0.15) is 0 Å². The Labute approximate surface area is 174 Å². The van der Waals surface area contributed by atoms with Gasteiger partial charge in [-0.1, -0.05) is 13.3 Å². The maximum atomic E-state index is 12.4. The zero-order valence-electron chi connectivity index (χ0n) is 16.5. The smallest absolute Gasteiger partial charge is 0.338 e. The summed E-state index contributed by atoms with van der Waals surface area (Å²) in [5.41, 5.74) is 1.95. The number of carbonyl (C=O) groups excluding carboxylic acids is 3. The molecule has 0 spiro atoms. The number of ether oxygens (including phenoxy) is 1. The molecular formula is C23H22N2O5. The maximum absolute atomic E-state index is 12.4. The molecule has 2 amide bonds. The highest BCUT2D eigenvalue weighted by molar-refractivity contribution is 6.05. The number of unbranched alkanes of at least 4 members (excludes halogenated alkanes) is 1. The highest BCUT2D eigenvalue weighted by Crippen LogP contribution is 2.15. The Morgan fingerprint density at radius 1 is 0.833 bits per heavy atom. The summed E-state index contributed by atoms with van der Waals surface area (Å²) in [6.07, 6.45) is 3.20. The first-order valence-corrected chi connectivity index (χ1v) is 9.60. The molecule has 0 radical (unpaired) electrons. The number of benzene rings is 2. The molecule has 0 aliphatic rings. The van der Waals surface area contributed by atoms with Gasteiger partial charge in [0, 0.05) is 16.9 Å². The van der Waals surface area contributed by atoms with Crippen LogP contribution in [0.4, 0.5) is 11.4 Å². The van der Waals surface area contributed by atoms with Gasteiger partial charge in [0.25, 0.3) is 11.8 Å². The van der Waals surface area contributed by atoms with Crippen LogP contribution in [0.5, 0.6) is 0 Å². The van der Waals surface area contributed by atoms with Gasteiger partial charge in [0.15, 0.2) is 5.76 Å². The van der Waals surface area contributed by atoms with E-state index >= 15 is 0 Å². The van der Waals surface area contributed by atoms with Crippen molar-refractivity contribution in [3.8, 4) is 0 Å². The van der Waals surface area contributed by atoms with Crippen molar-refractivity contribution in [2.24, 2.45) is 0 Å². The van der Waals surface area contributed by atoms with E-state index in [1.807, 2.05) is 6.92 Å². The molecule has 3 aromatic rings. The molecule has 7 nitrogen and oxygen atoms in total. The number of carbonyl (C=O) groups is 3. The molecule has 154 valence electrons. The second-order valence-electron chi connectivity index (χ2n) is 6.53. The topological polar surface area (TPSA) is 97.6 Å². The highest BCUT2D eigenvalue weighted by Gasteiger charge is 2.11. The van der Waals surface area contributed by atoms with E-state index in [-0.39, 0.29) is 23.5 Å². The van der Waals surface area contributed by atoms with Crippen LogP contribution in [0.1, 0.15) is 51.0 Å². The summed E-state index contributed by atoms with van der Waals surface area (Å²) in [5, 5.41) is 5.45. The minimum atomic E-state index is -0.381. The summed E-state index contributed by atoms with van der Waals surface area (Å²) in [6, 6.07) is 16.2. The van der Waals surface area contributed by atoms with Gasteiger partial charge >= 0.3 is 5.97 Å². The molecule has 0 aliphatic heterocycles. The molecule has 30 heavy (non-hydrogen) atoms. The van der Waals surface area contributed by atoms with E-state index in [2.05, 4.69) is 10.6 Å². The average molecular weight is 406 g/mol. The lowest BCUT2D eigenvalue weighted by atomic mass is 10.1. The summed E-state index contributed by atoms with van der Waals surface area (Å²) in [4.78, 5) is 36.3. The summed E-state index contributed by atoms with van der Waals surface area (Å²) >= 11 is 0. The van der Waals surface area contributed by atoms with Crippen molar-refractivity contribution in [2.75, 3.05) is 17.2 Å². The third-order valence-electron chi connectivity index (χ3n) is 4.26. The van der Waals surface area contributed by atoms with Crippen molar-refractivity contribution in [3.63, 3.8) is 0 Å². The third kappa shape index (κ3) is 5.57. The van der Waals surface area contributed by atoms with Crippen LogP contribution in [0, 0.1) is 0 Å². The van der Waals surface area contributed by atoms with Crippen molar-refractivity contribution in [3.05, 3.63) is 83.8 Å². The van der Waals surface area contributed by atoms with E-state index in [0.717, 1.165) is 12.8 Å². The first-order chi connectivity index (χ1) is 14.6. The number of hydrogen-bond acceptors (Lipinski definition) is 5. The zero-order valence-corrected chi connectivity index (χ0v) is 16.5. The summed E-state index contributed by atoms with van der Waals surface area (Å²) < 4.78 is 10.2. The van der Waals surface area contributed by atoms with Crippen molar-refractivity contribution in [2.45, 2.75) is 19.8 Å². The van der Waals surface area contributed by atoms with Crippen molar-refractivity contribution in [1.29, 1.82) is 0 Å². The van der Waals surface area contributed by atoms with Crippen molar-refractivity contribution in [1.82, 2.24) is 0 Å². The molecule has 1 heterocycles. The minimum Gasteiger partial charge on any atom is -0.462 e. The number of hydrogen-bond donors (Lipinski definition) is 2. The average Bonchev–Trinajstić information content (AvgIpc) is 3.30. The first-order valence-electron chi connectivity index (χ1n) is 9.60. The number of rotatable bonds is 8. The van der Waals surface area contributed by atoms with Crippen LogP contribution in [0.25, 0.3) is 0 Å². The maximum Gasteiger partial charge on any atom is 0.338 e. The van der Waals surface area contributed by atoms with E-state index in [4.69, 9.17) is 9.15 Å². The summed E-state index contributed by atoms with van der Waals surface area (Å²) in [6.45, 7) is 2.42. The molecule has 0 saturated carbocycles. The molecular weight excluding hydrogens is 384 g/mol. The second-order valence-corrected chi connectivity index (χ2v) is 6.53. The quantitative estimate of drug-likeness (QED) is 0.416. The molecule has 0 saturated heterocycles. The van der Waals surface area contributed by atoms with E-state index in [1.165, 1.54) is 6.26 Å². The second kappa shape index (κ2) is 10.1. The van der Waals surface area contributed by atoms with Crippen molar-refractivity contribution >= 4 is 29.2 Å². The van der Waals surface area contributed by atoms with Crippen LogP contribution >= 0.6 is 0 Å². The van der Waals surface area contributed by atoms with Gasteiger partial charge in [-0.05, 0) is 67.1 Å². The number of furan rings is 1. The molecule has 3 rings (SSSR count). The molecule has 0 unspecified atom stereocenters. The Bertz CT molecular complexity index is 993. The van der Waals surface area contributed by atoms with Crippen LogP contribution in [0.2, 0.25) is 0 Å². The zero-order chi connectivity index (χ0) is 21.3. The van der Waals surface area contributed by atoms with Gasteiger partial charge in [-0.25, -0.2) is 4.79 Å². The predicted octanol–water partition coefficient (Wildman–Crippen LogP) is 4.74. The van der Waals surface area contributed by atoms with Crippen LogP contribution in [-0.2, 0) is 4.74 Å². The van der Waals surface area contributed by atoms with Gasteiger partial charge in [-0.15, -0.1) is 0 Å². The fourth-order valence-corrected chi connectivity index (χ4v) is 2.59. The van der Waals surface area contributed by atoms with E-state index in [1.54, 1.807) is 60.7 Å². The normalized spacial score (nSPS) is 10.3. The Morgan fingerprint density at radius 2 is 1.43 bits per heavy atom. The lowest BCUT2D eigenvalue weighted by Gasteiger charge is -2.08. The minimum absolute atomic E-state index is 0.203. The lowest BCUT2D eigenvalue weighted by Crippen LogP contribution is -2.13. The Morgan fingerprint density at radius 3 is 2.00 bits per heavy atom. The van der Waals surface area contributed by atoms with Crippen LogP contribution in [0.3, 0.4) is 0 Å². The van der Waals surface area contributed by atoms with Crippen molar-refractivity contribution < 1.29 is 23.5 Å².